The molecule has 0 unspecified atom stereocenters. The second-order valence-corrected chi connectivity index (χ2v) is 6.61. The minimum atomic E-state index is 0.396. The second-order valence-electron chi connectivity index (χ2n) is 6.23. The largest absolute Gasteiger partial charge is 0.314 e. The van der Waals surface area contributed by atoms with Crippen LogP contribution in [0.25, 0.3) is 0 Å². The molecule has 0 bridgehead atoms. The van der Waals surface area contributed by atoms with Crippen LogP contribution in [0.1, 0.15) is 51.4 Å². The van der Waals surface area contributed by atoms with Crippen LogP contribution in [0.5, 0.6) is 0 Å². The third-order valence-electron chi connectivity index (χ3n) is 4.29. The molecule has 1 saturated carbocycles. The molecule has 1 aliphatic carbocycles. The molecule has 2 rings (SSSR count). The summed E-state index contributed by atoms with van der Waals surface area (Å²) < 4.78 is 2.08. The number of aromatic nitrogens is 2. The summed E-state index contributed by atoms with van der Waals surface area (Å²) in [6.45, 7) is 10.5. The van der Waals surface area contributed by atoms with Crippen molar-refractivity contribution in [3.8, 4) is 0 Å². The molecule has 0 amide bonds. The van der Waals surface area contributed by atoms with Crippen LogP contribution in [-0.4, -0.2) is 22.4 Å². The average molecular weight is 284 g/mol. The predicted molar refractivity (Wildman–Crippen MR) is 80.8 cm³/mol. The van der Waals surface area contributed by atoms with Crippen LogP contribution in [0, 0.1) is 12.3 Å². The van der Waals surface area contributed by atoms with Gasteiger partial charge in [-0.25, -0.2) is 0 Å². The fraction of sp³-hybridized carbons (Fsp3) is 0.800. The molecule has 0 atom stereocenters. The molecule has 1 heterocycles. The maximum Gasteiger partial charge on any atom is 0.0847 e. The second kappa shape index (κ2) is 5.84. The molecule has 108 valence electrons. The van der Waals surface area contributed by atoms with Crippen LogP contribution in [-0.2, 0) is 13.0 Å². The third-order valence-corrected chi connectivity index (χ3v) is 4.79. The fourth-order valence-corrected chi connectivity index (χ4v) is 3.11. The van der Waals surface area contributed by atoms with E-state index in [1.165, 1.54) is 25.0 Å². The van der Waals surface area contributed by atoms with Gasteiger partial charge in [0.1, 0.15) is 0 Å². The third kappa shape index (κ3) is 3.14. The van der Waals surface area contributed by atoms with E-state index in [2.05, 4.69) is 35.9 Å². The van der Waals surface area contributed by atoms with Gasteiger partial charge in [-0.15, -0.1) is 0 Å². The van der Waals surface area contributed by atoms with Crippen molar-refractivity contribution in [1.29, 1.82) is 0 Å². The molecule has 19 heavy (non-hydrogen) atoms. The van der Waals surface area contributed by atoms with Crippen molar-refractivity contribution in [3.05, 3.63) is 16.4 Å². The zero-order chi connectivity index (χ0) is 14.0. The zero-order valence-electron chi connectivity index (χ0n) is 12.6. The highest BCUT2D eigenvalue weighted by Crippen LogP contribution is 2.44. The van der Waals surface area contributed by atoms with Gasteiger partial charge in [0.2, 0.25) is 0 Å². The standard InChI is InChI=1S/C15H26ClN3/c1-5-19-13(14(16)12(4)18-19)9-15(7-6-8-15)10-17-11(2)3/h11,17H,5-10H2,1-4H3. The summed E-state index contributed by atoms with van der Waals surface area (Å²) in [7, 11) is 0. The van der Waals surface area contributed by atoms with Crippen LogP contribution >= 0.6 is 11.6 Å². The Labute approximate surface area is 121 Å². The lowest BCUT2D eigenvalue weighted by Crippen LogP contribution is -2.44. The molecule has 0 radical (unpaired) electrons. The average Bonchev–Trinajstić information content (AvgIpc) is 2.59. The number of hydrogen-bond donors (Lipinski definition) is 1. The van der Waals surface area contributed by atoms with Gasteiger partial charge in [-0.1, -0.05) is 31.9 Å². The van der Waals surface area contributed by atoms with E-state index in [1.54, 1.807) is 0 Å². The van der Waals surface area contributed by atoms with Crippen molar-refractivity contribution in [1.82, 2.24) is 15.1 Å². The molecule has 0 aromatic carbocycles. The van der Waals surface area contributed by atoms with Gasteiger partial charge < -0.3 is 5.32 Å². The number of nitrogens with one attached hydrogen (secondary N) is 1. The van der Waals surface area contributed by atoms with E-state index in [1.807, 2.05) is 6.92 Å². The van der Waals surface area contributed by atoms with Crippen molar-refractivity contribution in [3.63, 3.8) is 0 Å². The molecule has 1 N–H and O–H groups in total. The summed E-state index contributed by atoms with van der Waals surface area (Å²) in [6, 6.07) is 0.547. The maximum atomic E-state index is 6.44. The Morgan fingerprint density at radius 1 is 1.42 bits per heavy atom. The lowest BCUT2D eigenvalue weighted by atomic mass is 9.66. The number of nitrogens with zero attached hydrogens (tertiary/aromatic N) is 2. The summed E-state index contributed by atoms with van der Waals surface area (Å²) in [5, 5.41) is 9.00. The van der Waals surface area contributed by atoms with E-state index < -0.39 is 0 Å². The first-order chi connectivity index (χ1) is 8.97. The van der Waals surface area contributed by atoms with Crippen LogP contribution < -0.4 is 5.32 Å². The quantitative estimate of drug-likeness (QED) is 0.865. The first-order valence-electron chi connectivity index (χ1n) is 7.42. The molecule has 0 aliphatic heterocycles. The van der Waals surface area contributed by atoms with E-state index in [9.17, 15) is 0 Å². The van der Waals surface area contributed by atoms with Gasteiger partial charge in [-0.2, -0.15) is 5.10 Å². The molecule has 1 fully saturated rings. The van der Waals surface area contributed by atoms with E-state index in [0.29, 0.717) is 11.5 Å². The monoisotopic (exact) mass is 283 g/mol. The normalized spacial score (nSPS) is 17.8. The Morgan fingerprint density at radius 3 is 2.58 bits per heavy atom. The Kier molecular flexibility index (Phi) is 4.57. The van der Waals surface area contributed by atoms with E-state index in [0.717, 1.165) is 30.2 Å². The molecule has 1 aliphatic rings. The Morgan fingerprint density at radius 2 is 2.11 bits per heavy atom. The van der Waals surface area contributed by atoms with Crippen molar-refractivity contribution >= 4 is 11.6 Å². The lowest BCUT2D eigenvalue weighted by molar-refractivity contribution is 0.123. The Hall–Kier alpha value is -0.540. The van der Waals surface area contributed by atoms with Gasteiger partial charge in [0.25, 0.3) is 0 Å². The number of hydrogen-bond acceptors (Lipinski definition) is 2. The highest BCUT2D eigenvalue weighted by Gasteiger charge is 2.38. The van der Waals surface area contributed by atoms with E-state index in [-0.39, 0.29) is 0 Å². The summed E-state index contributed by atoms with van der Waals surface area (Å²) in [5.74, 6) is 0. The Bertz CT molecular complexity index is 433. The smallest absolute Gasteiger partial charge is 0.0847 e. The maximum absolute atomic E-state index is 6.44. The molecule has 0 saturated heterocycles. The van der Waals surface area contributed by atoms with Crippen molar-refractivity contribution in [2.75, 3.05) is 6.54 Å². The highest BCUT2D eigenvalue weighted by atomic mass is 35.5. The summed E-state index contributed by atoms with van der Waals surface area (Å²) in [4.78, 5) is 0. The van der Waals surface area contributed by atoms with Gasteiger partial charge in [-0.05, 0) is 38.5 Å². The first kappa shape index (κ1) is 14.9. The van der Waals surface area contributed by atoms with Crippen LogP contribution in [0.3, 0.4) is 0 Å². The van der Waals surface area contributed by atoms with Gasteiger partial charge >= 0.3 is 0 Å². The van der Waals surface area contributed by atoms with Gasteiger partial charge in [0, 0.05) is 19.1 Å². The van der Waals surface area contributed by atoms with Gasteiger partial charge in [0.15, 0.2) is 0 Å². The number of aryl methyl sites for hydroxylation is 2. The topological polar surface area (TPSA) is 29.9 Å². The predicted octanol–water partition coefficient (Wildman–Crippen LogP) is 3.58. The number of rotatable bonds is 6. The molecular formula is C15H26ClN3. The molecule has 1 aromatic rings. The van der Waals surface area contributed by atoms with Crippen molar-refractivity contribution in [2.24, 2.45) is 5.41 Å². The lowest BCUT2D eigenvalue weighted by Gasteiger charge is -2.43. The summed E-state index contributed by atoms with van der Waals surface area (Å²) >= 11 is 6.44. The minimum absolute atomic E-state index is 0.396. The fourth-order valence-electron chi connectivity index (χ4n) is 2.91. The first-order valence-corrected chi connectivity index (χ1v) is 7.80. The van der Waals surface area contributed by atoms with Crippen molar-refractivity contribution < 1.29 is 0 Å². The van der Waals surface area contributed by atoms with Gasteiger partial charge in [-0.3, -0.25) is 4.68 Å². The van der Waals surface area contributed by atoms with Gasteiger partial charge in [0.05, 0.1) is 16.4 Å². The molecule has 0 spiro atoms. The highest BCUT2D eigenvalue weighted by molar-refractivity contribution is 6.31. The molecule has 4 heteroatoms. The SMILES string of the molecule is CCn1nc(C)c(Cl)c1CC1(CNC(C)C)CCC1. The van der Waals surface area contributed by atoms with Crippen LogP contribution in [0.4, 0.5) is 0 Å². The molecular weight excluding hydrogens is 258 g/mol. The van der Waals surface area contributed by atoms with E-state index in [4.69, 9.17) is 11.6 Å². The Balaban J connectivity index is 2.14. The van der Waals surface area contributed by atoms with Crippen LogP contribution in [0.2, 0.25) is 5.02 Å². The van der Waals surface area contributed by atoms with Crippen molar-refractivity contribution in [2.45, 2.75) is 66.0 Å². The van der Waals surface area contributed by atoms with Crippen LogP contribution in [0.15, 0.2) is 0 Å². The zero-order valence-corrected chi connectivity index (χ0v) is 13.3. The molecule has 1 aromatic heterocycles. The molecule has 3 nitrogen and oxygen atoms in total. The van der Waals surface area contributed by atoms with E-state index >= 15 is 0 Å². The number of halogens is 1. The summed E-state index contributed by atoms with van der Waals surface area (Å²) in [5.41, 5.74) is 2.59. The minimum Gasteiger partial charge on any atom is -0.314 e. The summed E-state index contributed by atoms with van der Waals surface area (Å²) in [6.07, 6.45) is 5.00.